The summed E-state index contributed by atoms with van der Waals surface area (Å²) in [7, 11) is 1.61. The molecular weight excluding hydrogens is 400 g/mol. The van der Waals surface area contributed by atoms with Crippen LogP contribution >= 0.6 is 11.8 Å². The van der Waals surface area contributed by atoms with Gasteiger partial charge in [0, 0.05) is 25.8 Å². The Hall–Kier alpha value is -2.84. The zero-order valence-electron chi connectivity index (χ0n) is 17.2. The van der Waals surface area contributed by atoms with Gasteiger partial charge < -0.3 is 14.8 Å². The van der Waals surface area contributed by atoms with E-state index in [2.05, 4.69) is 27.6 Å². The fraction of sp³-hybridized carbons (Fsp3) is 0.318. The molecule has 3 rings (SSSR count). The van der Waals surface area contributed by atoms with Crippen LogP contribution in [0.3, 0.4) is 0 Å². The van der Waals surface area contributed by atoms with Crippen molar-refractivity contribution in [3.05, 3.63) is 66.0 Å². The summed E-state index contributed by atoms with van der Waals surface area (Å²) in [4.78, 5) is 12.1. The summed E-state index contributed by atoms with van der Waals surface area (Å²) in [5, 5.41) is 12.3. The largest absolute Gasteiger partial charge is 0.494 e. The first-order valence-corrected chi connectivity index (χ1v) is 10.8. The van der Waals surface area contributed by atoms with Crippen LogP contribution in [-0.2, 0) is 16.0 Å². The molecule has 1 heterocycles. The number of amides is 1. The van der Waals surface area contributed by atoms with Crippen molar-refractivity contribution in [1.29, 1.82) is 0 Å². The molecule has 0 saturated heterocycles. The molecule has 0 aliphatic carbocycles. The summed E-state index contributed by atoms with van der Waals surface area (Å²) in [6.07, 6.45) is 0.641. The van der Waals surface area contributed by atoms with E-state index >= 15 is 0 Å². The number of rotatable bonds is 11. The van der Waals surface area contributed by atoms with Gasteiger partial charge in [0.25, 0.3) is 0 Å². The molecular formula is C22H26N4O3S. The third-order valence-corrected chi connectivity index (χ3v) is 5.20. The van der Waals surface area contributed by atoms with Crippen molar-refractivity contribution in [2.75, 3.05) is 32.6 Å². The molecule has 1 amide bonds. The molecule has 30 heavy (non-hydrogen) atoms. The zero-order valence-corrected chi connectivity index (χ0v) is 18.0. The Bertz CT molecular complexity index is 929. The number of hydrogen-bond donors (Lipinski definition) is 1. The normalized spacial score (nSPS) is 10.7. The molecule has 0 saturated carbocycles. The van der Waals surface area contributed by atoms with Gasteiger partial charge in [-0.05, 0) is 36.8 Å². The molecule has 0 unspecified atom stereocenters. The van der Waals surface area contributed by atoms with Crippen LogP contribution in [0.1, 0.15) is 18.3 Å². The lowest BCUT2D eigenvalue weighted by Crippen LogP contribution is -2.28. The number of methoxy groups -OCH3 is 1. The second-order valence-corrected chi connectivity index (χ2v) is 7.40. The summed E-state index contributed by atoms with van der Waals surface area (Å²) in [5.41, 5.74) is 2.07. The maximum Gasteiger partial charge on any atom is 0.230 e. The Morgan fingerprint density at radius 2 is 1.87 bits per heavy atom. The lowest BCUT2D eigenvalue weighted by Gasteiger charge is -2.11. The van der Waals surface area contributed by atoms with E-state index in [0.717, 1.165) is 22.8 Å². The van der Waals surface area contributed by atoms with Crippen molar-refractivity contribution in [1.82, 2.24) is 20.1 Å². The van der Waals surface area contributed by atoms with Crippen molar-refractivity contribution in [3.8, 4) is 11.4 Å². The minimum Gasteiger partial charge on any atom is -0.494 e. The summed E-state index contributed by atoms with van der Waals surface area (Å²) in [6.45, 7) is 3.54. The van der Waals surface area contributed by atoms with Gasteiger partial charge >= 0.3 is 0 Å². The predicted molar refractivity (Wildman–Crippen MR) is 117 cm³/mol. The van der Waals surface area contributed by atoms with Crippen LogP contribution in [0.5, 0.6) is 5.75 Å². The first-order chi connectivity index (χ1) is 14.7. The van der Waals surface area contributed by atoms with Gasteiger partial charge in [0.1, 0.15) is 11.6 Å². The Morgan fingerprint density at radius 3 is 2.57 bits per heavy atom. The second-order valence-electron chi connectivity index (χ2n) is 6.45. The number of thioether (sulfide) groups is 1. The molecule has 0 bridgehead atoms. The minimum atomic E-state index is -0.0668. The number of carbonyl (C=O) groups is 1. The average molecular weight is 427 g/mol. The molecule has 0 fully saturated rings. The summed E-state index contributed by atoms with van der Waals surface area (Å²) in [5.74, 6) is 1.81. The van der Waals surface area contributed by atoms with E-state index in [1.807, 2.05) is 54.0 Å². The zero-order chi connectivity index (χ0) is 21.2. The van der Waals surface area contributed by atoms with E-state index in [9.17, 15) is 4.79 Å². The molecule has 0 aliphatic rings. The van der Waals surface area contributed by atoms with E-state index in [1.54, 1.807) is 7.11 Å². The average Bonchev–Trinajstić information content (AvgIpc) is 3.16. The lowest BCUT2D eigenvalue weighted by atomic mass is 10.1. The molecule has 3 aromatic rings. The Balaban J connectivity index is 1.82. The van der Waals surface area contributed by atoms with Crippen LogP contribution in [-0.4, -0.2) is 53.3 Å². The van der Waals surface area contributed by atoms with Crippen LogP contribution < -0.4 is 10.1 Å². The Labute approximate surface area is 180 Å². The lowest BCUT2D eigenvalue weighted by molar-refractivity contribution is -0.118. The van der Waals surface area contributed by atoms with Gasteiger partial charge in [0.15, 0.2) is 5.16 Å². The van der Waals surface area contributed by atoms with E-state index in [1.165, 1.54) is 11.8 Å². The highest BCUT2D eigenvalue weighted by Gasteiger charge is 2.16. The van der Waals surface area contributed by atoms with Gasteiger partial charge in [-0.2, -0.15) is 0 Å². The summed E-state index contributed by atoms with van der Waals surface area (Å²) in [6, 6.07) is 17.9. The van der Waals surface area contributed by atoms with Crippen LogP contribution in [0.4, 0.5) is 0 Å². The highest BCUT2D eigenvalue weighted by atomic mass is 32.2. The first kappa shape index (κ1) is 21.9. The van der Waals surface area contributed by atoms with Gasteiger partial charge in [-0.1, -0.05) is 42.1 Å². The van der Waals surface area contributed by atoms with Crippen molar-refractivity contribution in [3.63, 3.8) is 0 Å². The van der Waals surface area contributed by atoms with E-state index in [-0.39, 0.29) is 11.7 Å². The molecule has 8 heteroatoms. The molecule has 0 radical (unpaired) electrons. The highest BCUT2D eigenvalue weighted by molar-refractivity contribution is 7.99. The first-order valence-electron chi connectivity index (χ1n) is 9.81. The maximum atomic E-state index is 12.1. The number of nitrogens with zero attached hydrogens (tertiary/aromatic N) is 3. The predicted octanol–water partition coefficient (Wildman–Crippen LogP) is 3.11. The second kappa shape index (κ2) is 11.4. The topological polar surface area (TPSA) is 78.3 Å². The molecule has 0 spiro atoms. The minimum absolute atomic E-state index is 0.0668. The Kier molecular flexibility index (Phi) is 8.29. The van der Waals surface area contributed by atoms with Gasteiger partial charge in [-0.3, -0.25) is 9.36 Å². The number of carbonyl (C=O) groups excluding carboxylic acids is 1. The monoisotopic (exact) mass is 426 g/mol. The van der Waals surface area contributed by atoms with Crippen LogP contribution in [0.25, 0.3) is 5.69 Å². The van der Waals surface area contributed by atoms with Crippen molar-refractivity contribution in [2.24, 2.45) is 0 Å². The fourth-order valence-corrected chi connectivity index (χ4v) is 3.68. The molecule has 0 aliphatic heterocycles. The van der Waals surface area contributed by atoms with Crippen molar-refractivity contribution in [2.45, 2.75) is 18.5 Å². The highest BCUT2D eigenvalue weighted by Crippen LogP contribution is 2.25. The number of nitrogens with one attached hydrogen (secondary N) is 1. The molecule has 158 valence electrons. The summed E-state index contributed by atoms with van der Waals surface area (Å²) >= 11 is 1.36. The summed E-state index contributed by atoms with van der Waals surface area (Å²) < 4.78 is 12.5. The van der Waals surface area contributed by atoms with Gasteiger partial charge in [-0.15, -0.1) is 10.2 Å². The standard InChI is InChI=1S/C22H26N4O3S/c1-3-29-19-11-9-18(10-12-19)26-20(15-17-7-5-4-6-8-17)24-25-22(26)30-16-21(27)23-13-14-28-2/h4-12H,3,13-16H2,1-2H3,(H,23,27). The maximum absolute atomic E-state index is 12.1. The van der Waals surface area contributed by atoms with E-state index < -0.39 is 0 Å². The van der Waals surface area contributed by atoms with Crippen LogP contribution in [0.15, 0.2) is 59.8 Å². The SMILES string of the molecule is CCOc1ccc(-n2c(Cc3ccccc3)nnc2SCC(=O)NCCOC)cc1. The van der Waals surface area contributed by atoms with Gasteiger partial charge in [-0.25, -0.2) is 0 Å². The quantitative estimate of drug-likeness (QED) is 0.375. The van der Waals surface area contributed by atoms with E-state index in [4.69, 9.17) is 9.47 Å². The van der Waals surface area contributed by atoms with Crippen LogP contribution in [0, 0.1) is 0 Å². The number of benzene rings is 2. The third kappa shape index (κ3) is 6.08. The number of hydrogen-bond acceptors (Lipinski definition) is 6. The van der Waals surface area contributed by atoms with Crippen molar-refractivity contribution >= 4 is 17.7 Å². The van der Waals surface area contributed by atoms with Gasteiger partial charge in [0.2, 0.25) is 5.91 Å². The molecule has 1 N–H and O–H groups in total. The number of aromatic nitrogens is 3. The fourth-order valence-electron chi connectivity index (χ4n) is 2.88. The smallest absolute Gasteiger partial charge is 0.230 e. The van der Waals surface area contributed by atoms with Crippen molar-refractivity contribution < 1.29 is 14.3 Å². The third-order valence-electron chi connectivity index (χ3n) is 4.27. The molecule has 0 atom stereocenters. The number of ether oxygens (including phenoxy) is 2. The molecule has 7 nitrogen and oxygen atoms in total. The van der Waals surface area contributed by atoms with Gasteiger partial charge in [0.05, 0.1) is 19.0 Å². The van der Waals surface area contributed by atoms with E-state index in [0.29, 0.717) is 31.3 Å². The Morgan fingerprint density at radius 1 is 1.10 bits per heavy atom. The molecule has 2 aromatic carbocycles. The van der Waals surface area contributed by atoms with Crippen LogP contribution in [0.2, 0.25) is 0 Å². The molecule has 1 aromatic heterocycles.